The molecule has 1 saturated heterocycles. The summed E-state index contributed by atoms with van der Waals surface area (Å²) in [5, 5.41) is 7.53. The second kappa shape index (κ2) is 7.14. The number of H-pyrrole nitrogens is 2. The Morgan fingerprint density at radius 3 is 2.83 bits per heavy atom. The summed E-state index contributed by atoms with van der Waals surface area (Å²) in [7, 11) is 0. The van der Waals surface area contributed by atoms with Gasteiger partial charge in [0.1, 0.15) is 17.2 Å². The van der Waals surface area contributed by atoms with Crippen LogP contribution in [0.3, 0.4) is 0 Å². The fourth-order valence-corrected chi connectivity index (χ4v) is 3.41. The highest BCUT2D eigenvalue weighted by Crippen LogP contribution is 2.23. The van der Waals surface area contributed by atoms with Crippen molar-refractivity contribution in [1.29, 1.82) is 0 Å². The Hall–Kier alpha value is -3.52. The second-order valence-corrected chi connectivity index (χ2v) is 7.02. The summed E-state index contributed by atoms with van der Waals surface area (Å²) < 4.78 is 19.4. The molecule has 29 heavy (non-hydrogen) atoms. The Kier molecular flexibility index (Phi) is 4.33. The zero-order valence-corrected chi connectivity index (χ0v) is 15.4. The van der Waals surface area contributed by atoms with E-state index in [2.05, 4.69) is 20.2 Å². The number of hydrogen-bond donors (Lipinski definition) is 2. The number of nitrogens with zero attached hydrogens (tertiary/aromatic N) is 3. The van der Waals surface area contributed by atoms with Gasteiger partial charge in [0, 0.05) is 29.3 Å². The van der Waals surface area contributed by atoms with Gasteiger partial charge >= 0.3 is 0 Å². The van der Waals surface area contributed by atoms with Crippen molar-refractivity contribution in [2.24, 2.45) is 0 Å². The van der Waals surface area contributed by atoms with E-state index in [1.807, 2.05) is 12.1 Å². The van der Waals surface area contributed by atoms with Crippen molar-refractivity contribution in [3.05, 3.63) is 71.9 Å². The van der Waals surface area contributed by atoms with Gasteiger partial charge in [-0.15, -0.1) is 0 Å². The predicted molar refractivity (Wildman–Crippen MR) is 105 cm³/mol. The number of aromatic nitrogens is 4. The van der Waals surface area contributed by atoms with Crippen LogP contribution in [0.5, 0.6) is 0 Å². The molecule has 0 atom stereocenters. The van der Waals surface area contributed by atoms with Crippen molar-refractivity contribution in [3.63, 3.8) is 0 Å². The van der Waals surface area contributed by atoms with E-state index >= 15 is 0 Å². The minimum absolute atomic E-state index is 0.0806. The van der Waals surface area contributed by atoms with Gasteiger partial charge in [0.15, 0.2) is 0 Å². The first-order chi connectivity index (χ1) is 14.2. The Morgan fingerprint density at radius 1 is 1.24 bits per heavy atom. The first-order valence-electron chi connectivity index (χ1n) is 9.30. The van der Waals surface area contributed by atoms with E-state index in [1.165, 1.54) is 6.07 Å². The number of carbonyl (C=O) groups is 1. The van der Waals surface area contributed by atoms with E-state index in [0.29, 0.717) is 30.1 Å². The molecule has 1 aliphatic rings. The maximum Gasteiger partial charge on any atom is 0.271 e. The van der Waals surface area contributed by atoms with Crippen molar-refractivity contribution in [2.45, 2.75) is 12.6 Å². The van der Waals surface area contributed by atoms with Gasteiger partial charge in [0.25, 0.3) is 5.91 Å². The molecule has 5 rings (SSSR count). The zero-order chi connectivity index (χ0) is 19.8. The van der Waals surface area contributed by atoms with E-state index in [1.54, 1.807) is 41.6 Å². The molecule has 4 heterocycles. The molecule has 8 heteroatoms. The quantitative estimate of drug-likeness (QED) is 0.547. The highest BCUT2D eigenvalue weighted by atomic mass is 19.1. The number of hydrogen-bond acceptors (Lipinski definition) is 4. The average molecular weight is 391 g/mol. The number of carbonyl (C=O) groups excluding carboxylic acids is 1. The molecule has 146 valence electrons. The molecule has 1 fully saturated rings. The lowest BCUT2D eigenvalue weighted by molar-refractivity contribution is -0.0569. The van der Waals surface area contributed by atoms with Crippen LogP contribution in [-0.2, 0) is 11.3 Å². The number of halogens is 1. The predicted octanol–water partition coefficient (Wildman–Crippen LogP) is 3.13. The number of pyridine rings is 1. The monoisotopic (exact) mass is 391 g/mol. The summed E-state index contributed by atoms with van der Waals surface area (Å²) in [6.45, 7) is 1.08. The molecule has 1 amide bonds. The number of ether oxygens (including phenoxy) is 1. The van der Waals surface area contributed by atoms with E-state index in [9.17, 15) is 9.18 Å². The van der Waals surface area contributed by atoms with Gasteiger partial charge in [0.2, 0.25) is 0 Å². The summed E-state index contributed by atoms with van der Waals surface area (Å²) >= 11 is 0. The molecule has 7 nitrogen and oxygen atoms in total. The lowest BCUT2D eigenvalue weighted by atomic mass is 10.1. The molecule has 0 unspecified atom stereocenters. The fraction of sp³-hybridized carbons (Fsp3) is 0.190. The molecular weight excluding hydrogens is 373 g/mol. The lowest BCUT2D eigenvalue weighted by Gasteiger charge is -2.37. The molecule has 4 aromatic rings. The number of nitrogens with one attached hydrogen (secondary N) is 2. The molecule has 0 bridgehead atoms. The molecule has 1 aromatic carbocycles. The van der Waals surface area contributed by atoms with Crippen LogP contribution in [0.25, 0.3) is 22.3 Å². The molecule has 0 saturated carbocycles. The van der Waals surface area contributed by atoms with Crippen LogP contribution in [0.1, 0.15) is 16.1 Å². The van der Waals surface area contributed by atoms with Crippen LogP contribution in [0.15, 0.2) is 54.9 Å². The van der Waals surface area contributed by atoms with Gasteiger partial charge in [-0.3, -0.25) is 9.89 Å². The van der Waals surface area contributed by atoms with Crippen molar-refractivity contribution in [2.75, 3.05) is 13.2 Å². The first kappa shape index (κ1) is 17.6. The Balaban J connectivity index is 1.46. The van der Waals surface area contributed by atoms with Crippen LogP contribution in [0.2, 0.25) is 0 Å². The topological polar surface area (TPSA) is 86.9 Å². The van der Waals surface area contributed by atoms with Crippen molar-refractivity contribution < 1.29 is 13.9 Å². The summed E-state index contributed by atoms with van der Waals surface area (Å²) in [5.41, 5.74) is 3.12. The third-order valence-corrected chi connectivity index (χ3v) is 5.12. The number of rotatable bonds is 5. The smallest absolute Gasteiger partial charge is 0.271 e. The Labute approximate surface area is 165 Å². The van der Waals surface area contributed by atoms with Crippen molar-refractivity contribution in [1.82, 2.24) is 25.1 Å². The van der Waals surface area contributed by atoms with Crippen LogP contribution in [0, 0.1) is 5.82 Å². The minimum Gasteiger partial charge on any atom is -0.377 e. The lowest BCUT2D eigenvalue weighted by Crippen LogP contribution is -2.51. The second-order valence-electron chi connectivity index (χ2n) is 7.02. The third kappa shape index (κ3) is 3.27. The van der Waals surface area contributed by atoms with E-state index in [-0.39, 0.29) is 24.3 Å². The van der Waals surface area contributed by atoms with Crippen molar-refractivity contribution in [3.8, 4) is 11.3 Å². The Bertz CT molecular complexity index is 1170. The number of fused-ring (bicyclic) bond motifs is 1. The normalized spacial score (nSPS) is 14.1. The van der Waals surface area contributed by atoms with Crippen LogP contribution in [0.4, 0.5) is 4.39 Å². The van der Waals surface area contributed by atoms with E-state index in [0.717, 1.165) is 16.6 Å². The maximum atomic E-state index is 14.2. The van der Waals surface area contributed by atoms with Crippen LogP contribution in [-0.4, -0.2) is 50.2 Å². The number of amides is 1. The minimum atomic E-state index is -0.325. The molecule has 2 N–H and O–H groups in total. The largest absolute Gasteiger partial charge is 0.377 e. The molecular formula is C21H18FN5O2. The molecule has 0 radical (unpaired) electrons. The summed E-state index contributed by atoms with van der Waals surface area (Å²) in [6, 6.07) is 12.0. The molecule has 3 aromatic heterocycles. The van der Waals surface area contributed by atoms with Gasteiger partial charge in [-0.1, -0.05) is 18.2 Å². The van der Waals surface area contributed by atoms with Gasteiger partial charge in [0.05, 0.1) is 31.1 Å². The first-order valence-corrected chi connectivity index (χ1v) is 9.30. The number of benzene rings is 1. The summed E-state index contributed by atoms with van der Waals surface area (Å²) in [4.78, 5) is 22.6. The fourth-order valence-electron chi connectivity index (χ4n) is 3.41. The number of aromatic amines is 2. The average Bonchev–Trinajstić information content (AvgIpc) is 3.36. The molecule has 0 spiro atoms. The summed E-state index contributed by atoms with van der Waals surface area (Å²) in [6.07, 6.45) is 3.45. The molecule has 1 aliphatic heterocycles. The maximum absolute atomic E-state index is 14.2. The standard InChI is InChI=1S/C21H18FN5O2/c22-17-4-2-1-3-14(17)10-27(16-11-29-12-16)21(28)19-7-13-5-6-18(25-20(13)26-19)15-8-23-24-9-15/h1-9,16H,10-12H2,(H,23,24)(H,25,26). The Morgan fingerprint density at radius 2 is 2.10 bits per heavy atom. The van der Waals surface area contributed by atoms with Crippen molar-refractivity contribution >= 4 is 16.9 Å². The van der Waals surface area contributed by atoms with Gasteiger partial charge < -0.3 is 14.6 Å². The SMILES string of the molecule is O=C(c1cc2ccc(-c3cn[nH]c3)nc2[nH]1)N(Cc1ccccc1F)C1COC1. The van der Waals surface area contributed by atoms with Gasteiger partial charge in [-0.2, -0.15) is 5.10 Å². The van der Waals surface area contributed by atoms with Gasteiger partial charge in [-0.05, 0) is 24.3 Å². The summed E-state index contributed by atoms with van der Waals surface area (Å²) in [5.74, 6) is -0.530. The van der Waals surface area contributed by atoms with E-state index < -0.39 is 0 Å². The highest BCUT2D eigenvalue weighted by Gasteiger charge is 2.32. The molecule has 0 aliphatic carbocycles. The highest BCUT2D eigenvalue weighted by molar-refractivity contribution is 5.97. The third-order valence-electron chi connectivity index (χ3n) is 5.12. The van der Waals surface area contributed by atoms with Crippen LogP contribution < -0.4 is 0 Å². The van der Waals surface area contributed by atoms with E-state index in [4.69, 9.17) is 4.74 Å². The van der Waals surface area contributed by atoms with Gasteiger partial charge in [-0.25, -0.2) is 9.37 Å². The zero-order valence-electron chi connectivity index (χ0n) is 15.4. The van der Waals surface area contributed by atoms with Crippen LogP contribution >= 0.6 is 0 Å².